The van der Waals surface area contributed by atoms with Gasteiger partial charge in [-0.2, -0.15) is 0 Å². The molecule has 0 radical (unpaired) electrons. The summed E-state index contributed by atoms with van der Waals surface area (Å²) in [6.07, 6.45) is 6.99. The molecule has 3 rings (SSSR count). The number of hydrogen-bond donors (Lipinski definition) is 1. The molecule has 2 aromatic rings. The lowest BCUT2D eigenvalue weighted by Gasteiger charge is -2.33. The smallest absolute Gasteiger partial charge is 0.269 e. The average Bonchev–Trinajstić information content (AvgIpc) is 3.11. The maximum absolute atomic E-state index is 12.2. The van der Waals surface area contributed by atoms with Gasteiger partial charge < -0.3 is 9.73 Å². The van der Waals surface area contributed by atoms with E-state index in [-0.39, 0.29) is 11.9 Å². The second-order valence-corrected chi connectivity index (χ2v) is 5.55. The SMILES string of the molecule is O=C(NC[C@@H](c1ccco1)N1CCCCC1)c1ccccn1. The van der Waals surface area contributed by atoms with Crippen LogP contribution in [0.1, 0.15) is 41.6 Å². The van der Waals surface area contributed by atoms with Gasteiger partial charge in [-0.15, -0.1) is 0 Å². The monoisotopic (exact) mass is 299 g/mol. The molecule has 0 bridgehead atoms. The Kier molecular flexibility index (Phi) is 4.85. The van der Waals surface area contributed by atoms with E-state index in [2.05, 4.69) is 15.2 Å². The van der Waals surface area contributed by atoms with Crippen LogP contribution in [0.5, 0.6) is 0 Å². The van der Waals surface area contributed by atoms with E-state index in [0.717, 1.165) is 18.8 Å². The van der Waals surface area contributed by atoms with Crippen LogP contribution in [0.4, 0.5) is 0 Å². The fourth-order valence-corrected chi connectivity index (χ4v) is 2.90. The van der Waals surface area contributed by atoms with E-state index in [9.17, 15) is 4.79 Å². The zero-order chi connectivity index (χ0) is 15.2. The molecule has 1 saturated heterocycles. The van der Waals surface area contributed by atoms with Gasteiger partial charge in [0.25, 0.3) is 5.91 Å². The third kappa shape index (κ3) is 3.54. The minimum Gasteiger partial charge on any atom is -0.468 e. The predicted octanol–water partition coefficient (Wildman–Crippen LogP) is 2.63. The summed E-state index contributed by atoms with van der Waals surface area (Å²) in [4.78, 5) is 18.7. The quantitative estimate of drug-likeness (QED) is 0.922. The standard InChI is InChI=1S/C17H21N3O2/c21-17(14-7-2-3-9-18-14)19-13-15(16-8-6-12-22-16)20-10-4-1-5-11-20/h2-3,6-9,12,15H,1,4-5,10-11,13H2,(H,19,21)/t15-/m0/s1. The Labute approximate surface area is 130 Å². The topological polar surface area (TPSA) is 58.4 Å². The first kappa shape index (κ1) is 14.8. The Morgan fingerprint density at radius 2 is 2.09 bits per heavy atom. The number of rotatable bonds is 5. The van der Waals surface area contributed by atoms with Crippen molar-refractivity contribution in [2.45, 2.75) is 25.3 Å². The fraction of sp³-hybridized carbons (Fsp3) is 0.412. The Hall–Kier alpha value is -2.14. The van der Waals surface area contributed by atoms with Crippen molar-refractivity contribution in [1.82, 2.24) is 15.2 Å². The number of amides is 1. The van der Waals surface area contributed by atoms with Crippen molar-refractivity contribution in [3.05, 3.63) is 54.2 Å². The van der Waals surface area contributed by atoms with Gasteiger partial charge >= 0.3 is 0 Å². The van der Waals surface area contributed by atoms with Crippen LogP contribution in [-0.4, -0.2) is 35.4 Å². The van der Waals surface area contributed by atoms with Gasteiger partial charge in [0, 0.05) is 12.7 Å². The molecule has 1 aliphatic rings. The molecule has 0 spiro atoms. The van der Waals surface area contributed by atoms with Crippen molar-refractivity contribution in [1.29, 1.82) is 0 Å². The van der Waals surface area contributed by atoms with Crippen LogP contribution in [-0.2, 0) is 0 Å². The molecule has 1 amide bonds. The van der Waals surface area contributed by atoms with Crippen molar-refractivity contribution in [3.63, 3.8) is 0 Å². The molecule has 1 aliphatic heterocycles. The zero-order valence-corrected chi connectivity index (χ0v) is 12.6. The van der Waals surface area contributed by atoms with Gasteiger partial charge in [0.2, 0.25) is 0 Å². The van der Waals surface area contributed by atoms with Gasteiger partial charge in [0.05, 0.1) is 12.3 Å². The molecular formula is C17H21N3O2. The van der Waals surface area contributed by atoms with E-state index in [4.69, 9.17) is 4.42 Å². The lowest BCUT2D eigenvalue weighted by atomic mass is 10.1. The summed E-state index contributed by atoms with van der Waals surface area (Å²) in [5.74, 6) is 0.761. The molecule has 0 unspecified atom stereocenters. The predicted molar refractivity (Wildman–Crippen MR) is 83.4 cm³/mol. The molecular weight excluding hydrogens is 278 g/mol. The number of likely N-dealkylation sites (tertiary alicyclic amines) is 1. The molecule has 5 nitrogen and oxygen atoms in total. The molecule has 22 heavy (non-hydrogen) atoms. The second kappa shape index (κ2) is 7.22. The van der Waals surface area contributed by atoms with Gasteiger partial charge in [0.15, 0.2) is 0 Å². The minimum absolute atomic E-state index is 0.0861. The number of pyridine rings is 1. The van der Waals surface area contributed by atoms with Crippen molar-refractivity contribution in [3.8, 4) is 0 Å². The lowest BCUT2D eigenvalue weighted by molar-refractivity contribution is 0.0909. The number of piperidine rings is 1. The van der Waals surface area contributed by atoms with E-state index in [1.165, 1.54) is 19.3 Å². The maximum Gasteiger partial charge on any atom is 0.269 e. The molecule has 0 aromatic carbocycles. The van der Waals surface area contributed by atoms with Crippen LogP contribution in [0.2, 0.25) is 0 Å². The highest BCUT2D eigenvalue weighted by Gasteiger charge is 2.25. The van der Waals surface area contributed by atoms with E-state index < -0.39 is 0 Å². The van der Waals surface area contributed by atoms with Crippen LogP contribution < -0.4 is 5.32 Å². The summed E-state index contributed by atoms with van der Waals surface area (Å²) in [6, 6.07) is 9.30. The normalized spacial score (nSPS) is 17.1. The molecule has 2 aromatic heterocycles. The Balaban J connectivity index is 1.66. The summed E-state index contributed by atoms with van der Waals surface area (Å²) < 4.78 is 5.58. The number of hydrogen-bond acceptors (Lipinski definition) is 4. The van der Waals surface area contributed by atoms with E-state index >= 15 is 0 Å². The van der Waals surface area contributed by atoms with Crippen LogP contribution >= 0.6 is 0 Å². The maximum atomic E-state index is 12.2. The second-order valence-electron chi connectivity index (χ2n) is 5.55. The number of carbonyl (C=O) groups is 1. The van der Waals surface area contributed by atoms with Crippen LogP contribution in [0.3, 0.4) is 0 Å². The van der Waals surface area contributed by atoms with E-state index in [1.807, 2.05) is 18.2 Å². The van der Waals surface area contributed by atoms with Gasteiger partial charge in [-0.25, -0.2) is 0 Å². The first-order valence-electron chi connectivity index (χ1n) is 7.81. The molecule has 1 atom stereocenters. The van der Waals surface area contributed by atoms with Crippen molar-refractivity contribution >= 4 is 5.91 Å². The van der Waals surface area contributed by atoms with Crippen molar-refractivity contribution in [2.75, 3.05) is 19.6 Å². The molecule has 116 valence electrons. The van der Waals surface area contributed by atoms with Gasteiger partial charge in [-0.1, -0.05) is 12.5 Å². The number of furan rings is 1. The number of carbonyl (C=O) groups excluding carboxylic acids is 1. The Morgan fingerprint density at radius 1 is 1.23 bits per heavy atom. The van der Waals surface area contributed by atoms with Crippen LogP contribution in [0, 0.1) is 0 Å². The van der Waals surface area contributed by atoms with Crippen LogP contribution in [0.25, 0.3) is 0 Å². The van der Waals surface area contributed by atoms with Crippen LogP contribution in [0.15, 0.2) is 47.2 Å². The van der Waals surface area contributed by atoms with Gasteiger partial charge in [0.1, 0.15) is 11.5 Å². The summed E-state index contributed by atoms with van der Waals surface area (Å²) >= 11 is 0. The Bertz CT molecular complexity index is 577. The van der Waals surface area contributed by atoms with Gasteiger partial charge in [-0.05, 0) is 50.2 Å². The average molecular weight is 299 g/mol. The molecule has 3 heterocycles. The molecule has 0 saturated carbocycles. The Morgan fingerprint density at radius 3 is 2.77 bits per heavy atom. The third-order valence-electron chi connectivity index (χ3n) is 4.06. The third-order valence-corrected chi connectivity index (χ3v) is 4.06. The zero-order valence-electron chi connectivity index (χ0n) is 12.6. The highest BCUT2D eigenvalue weighted by atomic mass is 16.3. The minimum atomic E-state index is -0.144. The molecule has 1 fully saturated rings. The molecule has 1 N–H and O–H groups in total. The van der Waals surface area contributed by atoms with E-state index in [1.54, 1.807) is 24.6 Å². The highest BCUT2D eigenvalue weighted by molar-refractivity contribution is 5.92. The fourth-order valence-electron chi connectivity index (χ4n) is 2.90. The largest absolute Gasteiger partial charge is 0.468 e. The summed E-state index contributed by atoms with van der Waals surface area (Å²) in [5, 5.41) is 2.98. The number of aromatic nitrogens is 1. The van der Waals surface area contributed by atoms with Crippen molar-refractivity contribution in [2.24, 2.45) is 0 Å². The first-order chi connectivity index (χ1) is 10.8. The van der Waals surface area contributed by atoms with Gasteiger partial charge in [-0.3, -0.25) is 14.7 Å². The first-order valence-corrected chi connectivity index (χ1v) is 7.81. The summed E-state index contributed by atoms with van der Waals surface area (Å²) in [5.41, 5.74) is 0.444. The summed E-state index contributed by atoms with van der Waals surface area (Å²) in [7, 11) is 0. The lowest BCUT2D eigenvalue weighted by Crippen LogP contribution is -2.40. The van der Waals surface area contributed by atoms with Crippen molar-refractivity contribution < 1.29 is 9.21 Å². The molecule has 0 aliphatic carbocycles. The number of nitrogens with one attached hydrogen (secondary N) is 1. The highest BCUT2D eigenvalue weighted by Crippen LogP contribution is 2.24. The van der Waals surface area contributed by atoms with E-state index in [0.29, 0.717) is 12.2 Å². The molecule has 5 heteroatoms. The number of nitrogens with zero attached hydrogens (tertiary/aromatic N) is 2. The summed E-state index contributed by atoms with van der Waals surface area (Å²) in [6.45, 7) is 2.62.